The molecule has 3 nitrogen and oxygen atoms in total. The van der Waals surface area contributed by atoms with Gasteiger partial charge in [0.05, 0.1) is 64.6 Å². The van der Waals surface area contributed by atoms with Crippen molar-refractivity contribution in [2.45, 2.75) is 0 Å². The fraction of sp³-hybridized carbons (Fsp3) is 0. The molecule has 0 aliphatic rings. The van der Waals surface area contributed by atoms with Crippen LogP contribution >= 0.6 is 0 Å². The van der Waals surface area contributed by atoms with Crippen molar-refractivity contribution < 1.29 is 31.5 Å². The van der Waals surface area contributed by atoms with Crippen LogP contribution in [0.5, 0.6) is 0 Å². The smallest absolute Gasteiger partial charge is 0.0652 e. The van der Waals surface area contributed by atoms with Gasteiger partial charge in [-0.15, -0.1) is 0 Å². The first-order valence-corrected chi connectivity index (χ1v) is 15.7. The number of rotatable bonds is 4. The number of para-hydroxylation sites is 4. The highest BCUT2D eigenvalue weighted by molar-refractivity contribution is 6.14. The number of fused-ring (bicyclic) bond motifs is 9. The van der Waals surface area contributed by atoms with Gasteiger partial charge in [0.2, 0.25) is 0 Å². The Kier molecular flexibility index (Phi) is 2.93. The Morgan fingerprint density at radius 2 is 0.784 bits per heavy atom. The van der Waals surface area contributed by atoms with Crippen molar-refractivity contribution in [3.05, 3.63) is 188 Å². The van der Waals surface area contributed by atoms with Gasteiger partial charge in [-0.05, 0) is 83.7 Å². The van der Waals surface area contributed by atoms with E-state index in [1.807, 2.05) is 0 Å². The predicted molar refractivity (Wildman–Crippen MR) is 215 cm³/mol. The quantitative estimate of drug-likeness (QED) is 0.177. The molecule has 0 bridgehead atoms. The predicted octanol–water partition coefficient (Wildman–Crippen LogP) is 12.6. The first kappa shape index (κ1) is 13.8. The molecule has 51 heavy (non-hydrogen) atoms. The maximum Gasteiger partial charge on any atom is 0.0652 e. The first-order valence-electron chi connectivity index (χ1n) is 27.2. The van der Waals surface area contributed by atoms with Gasteiger partial charge < -0.3 is 13.7 Å². The summed E-state index contributed by atoms with van der Waals surface area (Å²) < 4.78 is 212. The Bertz CT molecular complexity index is 4380. The summed E-state index contributed by atoms with van der Waals surface area (Å²) in [4.78, 5) is 0. The molecule has 11 rings (SSSR count). The van der Waals surface area contributed by atoms with E-state index in [0.717, 1.165) is 15.2 Å². The van der Waals surface area contributed by atoms with Crippen molar-refractivity contribution in [2.75, 3.05) is 0 Å². The third kappa shape index (κ3) is 4.12. The lowest BCUT2D eigenvalue weighted by atomic mass is 10.1. The molecule has 3 heteroatoms. The van der Waals surface area contributed by atoms with E-state index in [4.69, 9.17) is 19.2 Å². The third-order valence-electron chi connectivity index (χ3n) is 8.88. The van der Waals surface area contributed by atoms with Gasteiger partial charge in [0.1, 0.15) is 0 Å². The molecule has 3 aromatic heterocycles. The average molecular weight is 673 g/mol. The van der Waals surface area contributed by atoms with Crippen LogP contribution < -0.4 is 0 Å². The summed E-state index contributed by atoms with van der Waals surface area (Å²) in [5, 5.41) is -2.17. The molecule has 0 fully saturated rings. The molecule has 0 N–H and O–H groups in total. The van der Waals surface area contributed by atoms with Crippen molar-refractivity contribution in [3.8, 4) is 28.2 Å². The third-order valence-corrected chi connectivity index (χ3v) is 8.88. The number of benzene rings is 8. The van der Waals surface area contributed by atoms with E-state index in [1.54, 1.807) is 30.3 Å². The first-order chi connectivity index (χ1) is 34.9. The molecule has 0 amide bonds. The van der Waals surface area contributed by atoms with Crippen molar-refractivity contribution in [2.24, 2.45) is 0 Å². The normalized spacial score (nSPS) is 18.2. The molecule has 0 aliphatic carbocycles. The standard InChI is InChI=1S/C48H31N3/c1-2-13-32(14-3-1)33-15-12-16-34(29-33)49-45-23-10-6-19-39(45)41-31-36(26-27-47(41)49)51-46-24-11-7-20-40(46)42-30-35(25-28-48(42)51)50-43-21-8-4-17-37(43)38-18-5-9-22-44(38)50/h1-31H/i4D,5D,6D,7D,8D,9D,10D,11D,13D,14D,17D,18D,19D,20D,21D,22D,23D,24D,25D,27D,28D,30D,31D. The summed E-state index contributed by atoms with van der Waals surface area (Å²) in [7, 11) is 0. The van der Waals surface area contributed by atoms with Crippen LogP contribution in [0.1, 0.15) is 31.5 Å². The van der Waals surface area contributed by atoms with E-state index >= 15 is 0 Å². The van der Waals surface area contributed by atoms with Gasteiger partial charge in [-0.1, -0.05) is 115 Å². The van der Waals surface area contributed by atoms with Crippen LogP contribution in [-0.4, -0.2) is 13.7 Å². The van der Waals surface area contributed by atoms with Crippen LogP contribution in [-0.2, 0) is 0 Å². The fourth-order valence-corrected chi connectivity index (χ4v) is 6.76. The van der Waals surface area contributed by atoms with E-state index in [-0.39, 0.29) is 45.1 Å². The second-order valence-electron chi connectivity index (χ2n) is 11.6. The molecule has 0 spiro atoms. The van der Waals surface area contributed by atoms with Crippen molar-refractivity contribution in [3.63, 3.8) is 0 Å². The number of nitrogens with zero attached hydrogens (tertiary/aromatic N) is 3. The molecule has 0 atom stereocenters. The summed E-state index contributed by atoms with van der Waals surface area (Å²) >= 11 is 0. The van der Waals surface area contributed by atoms with Crippen molar-refractivity contribution in [1.82, 2.24) is 13.7 Å². The molecule has 3 heterocycles. The topological polar surface area (TPSA) is 14.8 Å². The number of hydrogen-bond donors (Lipinski definition) is 0. The minimum absolute atomic E-state index is 0.0190. The van der Waals surface area contributed by atoms with Crippen LogP contribution in [0.4, 0.5) is 0 Å². The van der Waals surface area contributed by atoms with Gasteiger partial charge in [-0.3, -0.25) is 0 Å². The second-order valence-corrected chi connectivity index (χ2v) is 11.6. The van der Waals surface area contributed by atoms with Gasteiger partial charge in [0, 0.05) is 49.4 Å². The van der Waals surface area contributed by atoms with E-state index in [1.165, 1.54) is 16.7 Å². The molecule has 238 valence electrons. The number of aromatic nitrogens is 3. The van der Waals surface area contributed by atoms with Gasteiger partial charge >= 0.3 is 0 Å². The molecule has 0 saturated heterocycles. The highest BCUT2D eigenvalue weighted by atomic mass is 15.0. The molecule has 0 saturated carbocycles. The van der Waals surface area contributed by atoms with Gasteiger partial charge in [-0.25, -0.2) is 0 Å². The summed E-state index contributed by atoms with van der Waals surface area (Å²) in [5.41, 5.74) is -2.45. The van der Waals surface area contributed by atoms with Crippen LogP contribution in [0.2, 0.25) is 0 Å². The number of hydrogen-bond acceptors (Lipinski definition) is 0. The van der Waals surface area contributed by atoms with Crippen LogP contribution in [0.15, 0.2) is 188 Å². The van der Waals surface area contributed by atoms with E-state index in [9.17, 15) is 12.3 Å². The maximum atomic E-state index is 10.0. The Morgan fingerprint density at radius 3 is 1.39 bits per heavy atom. The van der Waals surface area contributed by atoms with Gasteiger partial charge in [0.25, 0.3) is 0 Å². The second kappa shape index (κ2) is 10.8. The highest BCUT2D eigenvalue weighted by Gasteiger charge is 2.18. The van der Waals surface area contributed by atoms with Crippen molar-refractivity contribution in [1.29, 1.82) is 0 Å². The van der Waals surface area contributed by atoms with E-state index < -0.39 is 182 Å². The van der Waals surface area contributed by atoms with E-state index in [2.05, 4.69) is 0 Å². The molecule has 11 aromatic rings. The molecule has 0 radical (unpaired) electrons. The monoisotopic (exact) mass is 672 g/mol. The molecule has 0 aliphatic heterocycles. The van der Waals surface area contributed by atoms with Crippen molar-refractivity contribution >= 4 is 65.4 Å². The van der Waals surface area contributed by atoms with Gasteiger partial charge in [0.15, 0.2) is 0 Å². The average Bonchev–Trinajstić information content (AvgIpc) is 4.05. The van der Waals surface area contributed by atoms with E-state index in [0.29, 0.717) is 5.56 Å². The summed E-state index contributed by atoms with van der Waals surface area (Å²) in [6, 6.07) is -3.28. The largest absolute Gasteiger partial charge is 0.309 e. The summed E-state index contributed by atoms with van der Waals surface area (Å²) in [5.74, 6) is 0. The summed E-state index contributed by atoms with van der Waals surface area (Å²) in [6.07, 6.45) is 0. The fourth-order valence-electron chi connectivity index (χ4n) is 6.76. The lowest BCUT2D eigenvalue weighted by molar-refractivity contribution is 1.16. The molecule has 8 aromatic carbocycles. The van der Waals surface area contributed by atoms with Crippen LogP contribution in [0, 0.1) is 0 Å². The van der Waals surface area contributed by atoms with Crippen LogP contribution in [0.3, 0.4) is 0 Å². The minimum Gasteiger partial charge on any atom is -0.309 e. The Morgan fingerprint density at radius 1 is 0.314 bits per heavy atom. The Labute approximate surface area is 326 Å². The Balaban J connectivity index is 1.33. The Hall–Kier alpha value is -6.84. The van der Waals surface area contributed by atoms with Crippen LogP contribution in [0.25, 0.3) is 93.6 Å². The lowest BCUT2D eigenvalue weighted by Gasteiger charge is -2.12. The highest BCUT2D eigenvalue weighted by Crippen LogP contribution is 2.39. The SMILES string of the molecule is [2H]c1cccc([2H])c1-c1cccc(-n2c3c([2H])cc(-n4c5c([2H])c([2H])c([2H])c([2H])c5c5c([2H])c(-n6c7c([2H])c([2H])c([2H])c([2H])c7c7c([2H])c([2H])c([2H])c([2H])c76)c([2H])c([2H])c54)c([2H])c3c3c([2H])c([2H])c([2H])c([2H])c32)c1. The maximum absolute atomic E-state index is 10.0. The zero-order chi connectivity index (χ0) is 53.5. The minimum atomic E-state index is -0.894. The molecular weight excluding hydrogens is 619 g/mol. The summed E-state index contributed by atoms with van der Waals surface area (Å²) in [6.45, 7) is 0. The molecule has 0 unspecified atom stereocenters. The zero-order valence-corrected chi connectivity index (χ0v) is 26.0. The lowest BCUT2D eigenvalue weighted by Crippen LogP contribution is -1.97. The molecular formula is C48H31N3. The van der Waals surface area contributed by atoms with Gasteiger partial charge in [-0.2, -0.15) is 0 Å². The zero-order valence-electron chi connectivity index (χ0n) is 49.0.